The lowest BCUT2D eigenvalue weighted by Gasteiger charge is -2.04. The first-order chi connectivity index (χ1) is 6.67. The number of anilines is 1. The summed E-state index contributed by atoms with van der Waals surface area (Å²) in [5.74, 6) is -0.127. The summed E-state index contributed by atoms with van der Waals surface area (Å²) >= 11 is 0. The van der Waals surface area contributed by atoms with Crippen molar-refractivity contribution in [3.8, 4) is 0 Å². The molecule has 0 heterocycles. The second kappa shape index (κ2) is 4.41. The average molecular weight is 192 g/mol. The van der Waals surface area contributed by atoms with Crippen LogP contribution in [0, 0.1) is 0 Å². The van der Waals surface area contributed by atoms with E-state index in [2.05, 4.69) is 5.32 Å². The molecule has 0 aliphatic heterocycles. The van der Waals surface area contributed by atoms with Crippen molar-refractivity contribution in [1.29, 1.82) is 0 Å². The highest BCUT2D eigenvalue weighted by molar-refractivity contribution is 5.85. The van der Waals surface area contributed by atoms with Gasteiger partial charge in [-0.05, 0) is 17.7 Å². The molecule has 4 heteroatoms. The van der Waals surface area contributed by atoms with Crippen LogP contribution in [0.5, 0.6) is 0 Å². The Hall–Kier alpha value is -1.84. The third-order valence-electron chi connectivity index (χ3n) is 1.93. The molecule has 0 spiro atoms. The van der Waals surface area contributed by atoms with E-state index in [1.807, 2.05) is 0 Å². The second-order valence-electron chi connectivity index (χ2n) is 2.93. The van der Waals surface area contributed by atoms with E-state index in [-0.39, 0.29) is 12.3 Å². The standard InChI is InChI=1S/C10H12N2O2/c1-12-10(14)5-7-2-3-9(11)4-8(7)6-13/h2-4,6H,5,11H2,1H3,(H,12,14). The first-order valence-corrected chi connectivity index (χ1v) is 4.21. The number of nitrogens with two attached hydrogens (primary N) is 1. The fourth-order valence-electron chi connectivity index (χ4n) is 1.15. The molecule has 14 heavy (non-hydrogen) atoms. The number of amides is 1. The fraction of sp³-hybridized carbons (Fsp3) is 0.200. The Morgan fingerprint density at radius 1 is 1.57 bits per heavy atom. The van der Waals surface area contributed by atoms with E-state index in [0.717, 1.165) is 0 Å². The Morgan fingerprint density at radius 2 is 2.29 bits per heavy atom. The number of aldehydes is 1. The largest absolute Gasteiger partial charge is 0.399 e. The predicted octanol–water partition coefficient (Wildman–Crippen LogP) is 0.370. The van der Waals surface area contributed by atoms with E-state index < -0.39 is 0 Å². The van der Waals surface area contributed by atoms with Gasteiger partial charge in [-0.1, -0.05) is 6.07 Å². The van der Waals surface area contributed by atoms with E-state index in [1.165, 1.54) is 0 Å². The molecule has 1 aromatic carbocycles. The van der Waals surface area contributed by atoms with Crippen LogP contribution >= 0.6 is 0 Å². The van der Waals surface area contributed by atoms with E-state index in [1.54, 1.807) is 25.2 Å². The maximum Gasteiger partial charge on any atom is 0.224 e. The van der Waals surface area contributed by atoms with Gasteiger partial charge >= 0.3 is 0 Å². The smallest absolute Gasteiger partial charge is 0.224 e. The fourth-order valence-corrected chi connectivity index (χ4v) is 1.15. The number of rotatable bonds is 3. The van der Waals surface area contributed by atoms with Crippen molar-refractivity contribution >= 4 is 17.9 Å². The van der Waals surface area contributed by atoms with Crippen molar-refractivity contribution < 1.29 is 9.59 Å². The number of hydrogen-bond donors (Lipinski definition) is 2. The van der Waals surface area contributed by atoms with Gasteiger partial charge in [0.25, 0.3) is 0 Å². The van der Waals surface area contributed by atoms with Crippen LogP contribution in [0.2, 0.25) is 0 Å². The van der Waals surface area contributed by atoms with Gasteiger partial charge in [0.15, 0.2) is 0 Å². The molecular weight excluding hydrogens is 180 g/mol. The average Bonchev–Trinajstić information content (AvgIpc) is 2.20. The Kier molecular flexibility index (Phi) is 3.23. The second-order valence-corrected chi connectivity index (χ2v) is 2.93. The first kappa shape index (κ1) is 10.2. The number of likely N-dealkylation sites (N-methyl/N-ethyl adjacent to an activating group) is 1. The molecule has 0 aromatic heterocycles. The summed E-state index contributed by atoms with van der Waals surface area (Å²) in [4.78, 5) is 21.7. The minimum Gasteiger partial charge on any atom is -0.399 e. The lowest BCUT2D eigenvalue weighted by molar-refractivity contribution is -0.119. The van der Waals surface area contributed by atoms with Gasteiger partial charge in [-0.25, -0.2) is 0 Å². The number of benzene rings is 1. The van der Waals surface area contributed by atoms with Crippen LogP contribution in [0.3, 0.4) is 0 Å². The highest BCUT2D eigenvalue weighted by Crippen LogP contribution is 2.12. The molecule has 3 N–H and O–H groups in total. The van der Waals surface area contributed by atoms with Crippen LogP contribution < -0.4 is 11.1 Å². The SMILES string of the molecule is CNC(=O)Cc1ccc(N)cc1C=O. The normalized spacial score (nSPS) is 9.50. The van der Waals surface area contributed by atoms with Gasteiger partial charge in [-0.2, -0.15) is 0 Å². The number of nitrogen functional groups attached to an aromatic ring is 1. The summed E-state index contributed by atoms with van der Waals surface area (Å²) in [6.07, 6.45) is 0.902. The molecular formula is C10H12N2O2. The molecule has 0 atom stereocenters. The lowest BCUT2D eigenvalue weighted by Crippen LogP contribution is -2.20. The maximum atomic E-state index is 11.1. The highest BCUT2D eigenvalue weighted by Gasteiger charge is 2.06. The molecule has 0 unspecified atom stereocenters. The van der Waals surface area contributed by atoms with Crippen molar-refractivity contribution in [1.82, 2.24) is 5.32 Å². The van der Waals surface area contributed by atoms with Crippen molar-refractivity contribution in [3.63, 3.8) is 0 Å². The number of nitrogens with one attached hydrogen (secondary N) is 1. The summed E-state index contributed by atoms with van der Waals surface area (Å²) in [5.41, 5.74) is 7.18. The van der Waals surface area contributed by atoms with Gasteiger partial charge < -0.3 is 11.1 Å². The van der Waals surface area contributed by atoms with Crippen LogP contribution in [0.1, 0.15) is 15.9 Å². The number of carbonyl (C=O) groups is 2. The summed E-state index contributed by atoms with van der Waals surface area (Å²) in [5, 5.41) is 2.49. The zero-order valence-electron chi connectivity index (χ0n) is 7.91. The quantitative estimate of drug-likeness (QED) is 0.537. The van der Waals surface area contributed by atoms with Crippen LogP contribution in [0.25, 0.3) is 0 Å². The van der Waals surface area contributed by atoms with Crippen LogP contribution in [-0.4, -0.2) is 19.2 Å². The molecule has 0 aliphatic carbocycles. The zero-order valence-corrected chi connectivity index (χ0v) is 7.91. The van der Waals surface area contributed by atoms with Crippen LogP contribution in [0.15, 0.2) is 18.2 Å². The molecule has 0 bridgehead atoms. The van der Waals surface area contributed by atoms with Gasteiger partial charge in [0.1, 0.15) is 6.29 Å². The Morgan fingerprint density at radius 3 is 2.86 bits per heavy atom. The molecule has 1 aromatic rings. The zero-order chi connectivity index (χ0) is 10.6. The molecule has 0 radical (unpaired) electrons. The van der Waals surface area contributed by atoms with E-state index in [9.17, 15) is 9.59 Å². The molecule has 0 saturated carbocycles. The van der Waals surface area contributed by atoms with E-state index in [0.29, 0.717) is 23.1 Å². The van der Waals surface area contributed by atoms with Crippen molar-refractivity contribution in [2.24, 2.45) is 0 Å². The minimum absolute atomic E-state index is 0.127. The predicted molar refractivity (Wildman–Crippen MR) is 54.0 cm³/mol. The Labute approximate surface area is 82.1 Å². The Balaban J connectivity index is 2.96. The third kappa shape index (κ3) is 2.32. The molecule has 1 amide bonds. The molecule has 0 aliphatic rings. The first-order valence-electron chi connectivity index (χ1n) is 4.21. The summed E-state index contributed by atoms with van der Waals surface area (Å²) in [6.45, 7) is 0. The third-order valence-corrected chi connectivity index (χ3v) is 1.93. The minimum atomic E-state index is -0.127. The van der Waals surface area contributed by atoms with Crippen molar-refractivity contribution in [3.05, 3.63) is 29.3 Å². The van der Waals surface area contributed by atoms with Gasteiger partial charge in [-0.15, -0.1) is 0 Å². The molecule has 0 fully saturated rings. The van der Waals surface area contributed by atoms with Crippen LogP contribution in [0.4, 0.5) is 5.69 Å². The molecule has 74 valence electrons. The van der Waals surface area contributed by atoms with Crippen molar-refractivity contribution in [2.75, 3.05) is 12.8 Å². The van der Waals surface area contributed by atoms with Crippen LogP contribution in [-0.2, 0) is 11.2 Å². The van der Waals surface area contributed by atoms with Gasteiger partial charge in [0, 0.05) is 18.3 Å². The Bertz CT molecular complexity index is 361. The summed E-state index contributed by atoms with van der Waals surface area (Å²) in [6, 6.07) is 4.92. The summed E-state index contributed by atoms with van der Waals surface area (Å²) < 4.78 is 0. The highest BCUT2D eigenvalue weighted by atomic mass is 16.1. The molecule has 4 nitrogen and oxygen atoms in total. The topological polar surface area (TPSA) is 72.2 Å². The molecule has 0 saturated heterocycles. The van der Waals surface area contributed by atoms with Gasteiger partial charge in [-0.3, -0.25) is 9.59 Å². The van der Waals surface area contributed by atoms with Crippen molar-refractivity contribution in [2.45, 2.75) is 6.42 Å². The van der Waals surface area contributed by atoms with E-state index in [4.69, 9.17) is 5.73 Å². The summed E-state index contributed by atoms with van der Waals surface area (Å²) in [7, 11) is 1.56. The number of carbonyl (C=O) groups excluding carboxylic acids is 2. The lowest BCUT2D eigenvalue weighted by atomic mass is 10.0. The van der Waals surface area contributed by atoms with Gasteiger partial charge in [0.2, 0.25) is 5.91 Å². The molecule has 1 rings (SSSR count). The maximum absolute atomic E-state index is 11.1. The van der Waals surface area contributed by atoms with Gasteiger partial charge in [0.05, 0.1) is 6.42 Å². The number of hydrogen-bond acceptors (Lipinski definition) is 3. The monoisotopic (exact) mass is 192 g/mol. The van der Waals surface area contributed by atoms with E-state index >= 15 is 0 Å².